The molecule has 142 valence electrons. The molecule has 2 aromatic rings. The van der Waals surface area contributed by atoms with E-state index in [1.807, 2.05) is 47.4 Å². The van der Waals surface area contributed by atoms with Crippen LogP contribution in [0.4, 0.5) is 5.69 Å². The van der Waals surface area contributed by atoms with Crippen molar-refractivity contribution in [3.05, 3.63) is 65.2 Å². The highest BCUT2D eigenvalue weighted by Gasteiger charge is 2.18. The first-order valence-corrected chi connectivity index (χ1v) is 9.59. The summed E-state index contributed by atoms with van der Waals surface area (Å²) in [6.45, 7) is 1.91. The first kappa shape index (κ1) is 19.1. The Hall–Kier alpha value is -2.66. The van der Waals surface area contributed by atoms with Gasteiger partial charge in [-0.3, -0.25) is 9.59 Å². The molecule has 5 heteroatoms. The monoisotopic (exact) mass is 365 g/mol. The molecule has 0 aromatic heterocycles. The highest BCUT2D eigenvalue weighted by atomic mass is 16.2. The number of fused-ring (bicyclic) bond motifs is 1. The molecule has 0 aliphatic carbocycles. The number of rotatable bonds is 9. The molecule has 2 amide bonds. The van der Waals surface area contributed by atoms with Crippen LogP contribution in [-0.2, 0) is 29.0 Å². The summed E-state index contributed by atoms with van der Waals surface area (Å²) in [6.07, 6.45) is 3.42. The summed E-state index contributed by atoms with van der Waals surface area (Å²) < 4.78 is 0. The number of nitrogens with one attached hydrogen (secondary N) is 1. The van der Waals surface area contributed by atoms with Gasteiger partial charge in [0.2, 0.25) is 11.8 Å². The molecule has 0 saturated carbocycles. The van der Waals surface area contributed by atoms with E-state index in [0.717, 1.165) is 36.1 Å². The van der Waals surface area contributed by atoms with E-state index in [9.17, 15) is 9.59 Å². The fraction of sp³-hybridized carbons (Fsp3) is 0.364. The van der Waals surface area contributed by atoms with Gasteiger partial charge >= 0.3 is 0 Å². The maximum atomic E-state index is 12.7. The van der Waals surface area contributed by atoms with Gasteiger partial charge in [0.25, 0.3) is 0 Å². The fourth-order valence-corrected chi connectivity index (χ4v) is 3.42. The number of amides is 2. The number of benzene rings is 2. The number of anilines is 1. The molecule has 27 heavy (non-hydrogen) atoms. The predicted molar refractivity (Wildman–Crippen MR) is 107 cm³/mol. The van der Waals surface area contributed by atoms with Crippen molar-refractivity contribution in [1.82, 2.24) is 4.90 Å². The number of nitrogens with two attached hydrogens (primary N) is 1. The van der Waals surface area contributed by atoms with E-state index in [1.165, 1.54) is 5.56 Å². The zero-order valence-corrected chi connectivity index (χ0v) is 15.6. The Labute approximate surface area is 160 Å². The van der Waals surface area contributed by atoms with Gasteiger partial charge in [-0.2, -0.15) is 0 Å². The Morgan fingerprint density at radius 2 is 1.89 bits per heavy atom. The lowest BCUT2D eigenvalue weighted by Gasteiger charge is -2.23. The van der Waals surface area contributed by atoms with E-state index >= 15 is 0 Å². The van der Waals surface area contributed by atoms with Gasteiger partial charge in [0.1, 0.15) is 0 Å². The van der Waals surface area contributed by atoms with Gasteiger partial charge < -0.3 is 16.0 Å². The fourth-order valence-electron chi connectivity index (χ4n) is 3.42. The molecule has 2 aromatic carbocycles. The third-order valence-electron chi connectivity index (χ3n) is 4.85. The molecule has 0 atom stereocenters. The summed E-state index contributed by atoms with van der Waals surface area (Å²) in [6, 6.07) is 16.1. The van der Waals surface area contributed by atoms with Crippen LogP contribution in [0, 0.1) is 0 Å². The molecule has 0 saturated heterocycles. The normalized spacial score (nSPS) is 12.6. The standard InChI is InChI=1S/C22H27N3O2/c23-12-5-13-25(16-18-6-2-1-3-7-18)22(27)9-4-8-17-10-11-20-19(14-17)15-21(26)24-20/h1-3,6-7,10-11,14H,4-5,8-9,12-13,15-16,23H2,(H,24,26). The number of hydrogen-bond donors (Lipinski definition) is 2. The van der Waals surface area contributed by atoms with Crippen molar-refractivity contribution >= 4 is 17.5 Å². The Morgan fingerprint density at radius 1 is 1.07 bits per heavy atom. The number of aryl methyl sites for hydroxylation is 1. The van der Waals surface area contributed by atoms with Gasteiger partial charge in [-0.05, 0) is 48.6 Å². The molecule has 0 fully saturated rings. The summed E-state index contributed by atoms with van der Waals surface area (Å²) in [5.41, 5.74) is 9.91. The number of carbonyl (C=O) groups is 2. The SMILES string of the molecule is NCCCN(Cc1ccccc1)C(=O)CCCc1ccc2c(c1)CC(=O)N2. The van der Waals surface area contributed by atoms with E-state index in [2.05, 4.69) is 11.4 Å². The van der Waals surface area contributed by atoms with Gasteiger partial charge in [0.15, 0.2) is 0 Å². The number of carbonyl (C=O) groups excluding carboxylic acids is 2. The van der Waals surface area contributed by atoms with Crippen molar-refractivity contribution in [2.75, 3.05) is 18.4 Å². The third kappa shape index (κ3) is 5.41. The zero-order chi connectivity index (χ0) is 19.1. The second kappa shape index (κ2) is 9.33. The predicted octanol–water partition coefficient (Wildman–Crippen LogP) is 2.88. The van der Waals surface area contributed by atoms with Crippen molar-refractivity contribution in [3.8, 4) is 0 Å². The third-order valence-corrected chi connectivity index (χ3v) is 4.85. The van der Waals surface area contributed by atoms with Crippen LogP contribution in [0.15, 0.2) is 48.5 Å². The van der Waals surface area contributed by atoms with Crippen molar-refractivity contribution in [2.24, 2.45) is 5.73 Å². The lowest BCUT2D eigenvalue weighted by molar-refractivity contribution is -0.132. The average molecular weight is 365 g/mol. The van der Waals surface area contributed by atoms with Gasteiger partial charge in [-0.15, -0.1) is 0 Å². The van der Waals surface area contributed by atoms with Crippen LogP contribution in [0.25, 0.3) is 0 Å². The highest BCUT2D eigenvalue weighted by Crippen LogP contribution is 2.24. The molecule has 3 N–H and O–H groups in total. The molecule has 0 unspecified atom stereocenters. The van der Waals surface area contributed by atoms with Crippen LogP contribution in [0.3, 0.4) is 0 Å². The van der Waals surface area contributed by atoms with Gasteiger partial charge in [0, 0.05) is 25.2 Å². The molecule has 0 radical (unpaired) electrons. The van der Waals surface area contributed by atoms with Crippen molar-refractivity contribution in [1.29, 1.82) is 0 Å². The smallest absolute Gasteiger partial charge is 0.228 e. The molecular weight excluding hydrogens is 338 g/mol. The Balaban J connectivity index is 1.52. The molecule has 1 heterocycles. The van der Waals surface area contributed by atoms with E-state index in [4.69, 9.17) is 5.73 Å². The summed E-state index contributed by atoms with van der Waals surface area (Å²) >= 11 is 0. The van der Waals surface area contributed by atoms with Crippen LogP contribution in [0.1, 0.15) is 36.0 Å². The van der Waals surface area contributed by atoms with E-state index in [1.54, 1.807) is 0 Å². The first-order valence-electron chi connectivity index (χ1n) is 9.59. The summed E-state index contributed by atoms with van der Waals surface area (Å²) in [5, 5.41) is 2.85. The largest absolute Gasteiger partial charge is 0.338 e. The maximum absolute atomic E-state index is 12.7. The van der Waals surface area contributed by atoms with E-state index in [-0.39, 0.29) is 11.8 Å². The second-order valence-electron chi connectivity index (χ2n) is 7.01. The topological polar surface area (TPSA) is 75.4 Å². The lowest BCUT2D eigenvalue weighted by Crippen LogP contribution is -2.32. The van der Waals surface area contributed by atoms with Crippen LogP contribution in [0.2, 0.25) is 0 Å². The Kier molecular flexibility index (Phi) is 6.60. The minimum absolute atomic E-state index is 0.0498. The van der Waals surface area contributed by atoms with Crippen molar-refractivity contribution in [2.45, 2.75) is 38.6 Å². The Morgan fingerprint density at radius 3 is 2.67 bits per heavy atom. The molecular formula is C22H27N3O2. The molecule has 0 spiro atoms. The van der Waals surface area contributed by atoms with E-state index < -0.39 is 0 Å². The van der Waals surface area contributed by atoms with Gasteiger partial charge in [-0.25, -0.2) is 0 Å². The summed E-state index contributed by atoms with van der Waals surface area (Å²) in [7, 11) is 0. The van der Waals surface area contributed by atoms with Crippen LogP contribution < -0.4 is 11.1 Å². The quantitative estimate of drug-likeness (QED) is 0.717. The van der Waals surface area contributed by atoms with Crippen molar-refractivity contribution < 1.29 is 9.59 Å². The second-order valence-corrected chi connectivity index (χ2v) is 7.01. The number of nitrogens with zero attached hydrogens (tertiary/aromatic N) is 1. The van der Waals surface area contributed by atoms with Crippen molar-refractivity contribution in [3.63, 3.8) is 0 Å². The summed E-state index contributed by atoms with van der Waals surface area (Å²) in [5.74, 6) is 0.221. The highest BCUT2D eigenvalue weighted by molar-refractivity contribution is 5.99. The van der Waals surface area contributed by atoms with Gasteiger partial charge in [0.05, 0.1) is 6.42 Å². The van der Waals surface area contributed by atoms with Crippen LogP contribution in [-0.4, -0.2) is 29.8 Å². The summed E-state index contributed by atoms with van der Waals surface area (Å²) in [4.78, 5) is 26.1. The maximum Gasteiger partial charge on any atom is 0.228 e. The molecule has 1 aliphatic rings. The first-order chi connectivity index (χ1) is 13.2. The van der Waals surface area contributed by atoms with E-state index in [0.29, 0.717) is 32.5 Å². The molecule has 0 bridgehead atoms. The van der Waals surface area contributed by atoms with Gasteiger partial charge in [-0.1, -0.05) is 42.5 Å². The molecule has 1 aliphatic heterocycles. The number of hydrogen-bond acceptors (Lipinski definition) is 3. The Bertz CT molecular complexity index is 789. The van der Waals surface area contributed by atoms with Crippen LogP contribution >= 0.6 is 0 Å². The molecule has 3 rings (SSSR count). The van der Waals surface area contributed by atoms with Crippen LogP contribution in [0.5, 0.6) is 0 Å². The minimum Gasteiger partial charge on any atom is -0.338 e. The average Bonchev–Trinajstić information content (AvgIpc) is 3.05. The molecule has 5 nitrogen and oxygen atoms in total. The minimum atomic E-state index is 0.0498. The lowest BCUT2D eigenvalue weighted by atomic mass is 10.0. The zero-order valence-electron chi connectivity index (χ0n) is 15.6.